The van der Waals surface area contributed by atoms with Crippen molar-refractivity contribution >= 4 is 38.5 Å². The van der Waals surface area contributed by atoms with Crippen molar-refractivity contribution in [3.63, 3.8) is 0 Å². The molecule has 11 aromatic rings. The van der Waals surface area contributed by atoms with Crippen LogP contribution in [0.1, 0.15) is 82.7 Å². The van der Waals surface area contributed by atoms with Gasteiger partial charge in [0.2, 0.25) is 0 Å². The van der Waals surface area contributed by atoms with Crippen LogP contribution in [0.25, 0.3) is 43.5 Å². The average Bonchev–Trinajstić information content (AvgIpc) is 4.13. The molecular formula is C70H55NS. The lowest BCUT2D eigenvalue weighted by atomic mass is 9.67. The standard InChI is InChI=1S/C70H55NS/c1-2-3-4-8-19-49-30-35-56(36-31-49)70(55-24-13-7-14-25-55)65-29-18-16-27-61(65)63-42-40-59(48-67(63)70)71(57-37-32-50(33-38-57)51-34-43-68-52(46-51)44-45-72-68)58-39-41-62-60-26-15-17-28-64(60)69(66(62)47-58,53-20-9-5-10-21-53)54-22-11-6-12-23-54/h5-7,9-18,20-48H,2-4,8,19H2,1H3. The summed E-state index contributed by atoms with van der Waals surface area (Å²) in [5.41, 5.74) is 21.5. The molecule has 0 radical (unpaired) electrons. The zero-order valence-electron chi connectivity index (χ0n) is 40.6. The van der Waals surface area contributed by atoms with E-state index in [2.05, 4.69) is 266 Å². The van der Waals surface area contributed by atoms with Crippen LogP contribution in [0, 0.1) is 0 Å². The summed E-state index contributed by atoms with van der Waals surface area (Å²) in [5, 5.41) is 3.46. The van der Waals surface area contributed by atoms with Gasteiger partial charge in [0, 0.05) is 21.8 Å². The Morgan fingerprint density at radius 1 is 0.361 bits per heavy atom. The molecule has 1 atom stereocenters. The quantitative estimate of drug-likeness (QED) is 0.104. The van der Waals surface area contributed by atoms with E-state index >= 15 is 0 Å². The molecule has 2 heteroatoms. The molecule has 0 aliphatic heterocycles. The first-order valence-electron chi connectivity index (χ1n) is 25.8. The summed E-state index contributed by atoms with van der Waals surface area (Å²) in [4.78, 5) is 2.51. The molecule has 2 aliphatic carbocycles. The highest BCUT2D eigenvalue weighted by Crippen LogP contribution is 2.59. The molecule has 0 amide bonds. The second-order valence-electron chi connectivity index (χ2n) is 19.7. The van der Waals surface area contributed by atoms with Crippen molar-refractivity contribution in [1.29, 1.82) is 0 Å². The first-order valence-corrected chi connectivity index (χ1v) is 26.7. The molecule has 0 N–H and O–H groups in total. The molecule has 0 bridgehead atoms. The summed E-state index contributed by atoms with van der Waals surface area (Å²) in [5.74, 6) is 0. The molecule has 0 fully saturated rings. The number of aryl methyl sites for hydroxylation is 1. The minimum absolute atomic E-state index is 0.537. The molecule has 2 aliphatic rings. The van der Waals surface area contributed by atoms with Gasteiger partial charge in [0.05, 0.1) is 10.8 Å². The van der Waals surface area contributed by atoms with E-state index in [1.54, 1.807) is 11.3 Å². The van der Waals surface area contributed by atoms with Crippen molar-refractivity contribution in [3.05, 3.63) is 304 Å². The Morgan fingerprint density at radius 2 is 0.833 bits per heavy atom. The Balaban J connectivity index is 1.04. The molecule has 13 rings (SSSR count). The lowest BCUT2D eigenvalue weighted by Crippen LogP contribution is -2.29. The van der Waals surface area contributed by atoms with Crippen molar-refractivity contribution in [2.45, 2.75) is 49.9 Å². The maximum absolute atomic E-state index is 2.52. The first kappa shape index (κ1) is 43.9. The molecular weight excluding hydrogens is 887 g/mol. The molecule has 0 saturated carbocycles. The van der Waals surface area contributed by atoms with Crippen LogP contribution in [0.5, 0.6) is 0 Å². The SMILES string of the molecule is CCCCCCc1ccc(C2(c3ccccc3)c3ccccc3-c3ccc(N(c4ccc(-c5ccc6sccc6c5)cc4)c4ccc5c(c4)C(c4ccccc4)(c4ccccc4)c4ccccc4-5)cc32)cc1. The van der Waals surface area contributed by atoms with Crippen molar-refractivity contribution in [2.24, 2.45) is 0 Å². The number of rotatable bonds is 13. The van der Waals surface area contributed by atoms with E-state index in [0.717, 1.165) is 23.5 Å². The predicted molar refractivity (Wildman–Crippen MR) is 304 cm³/mol. The van der Waals surface area contributed by atoms with Gasteiger partial charge in [0.25, 0.3) is 0 Å². The fraction of sp³-hybridized carbons (Fsp3) is 0.114. The number of hydrogen-bond donors (Lipinski definition) is 0. The largest absolute Gasteiger partial charge is 0.310 e. The first-order chi connectivity index (χ1) is 35.7. The van der Waals surface area contributed by atoms with Crippen LogP contribution >= 0.6 is 11.3 Å². The number of nitrogens with zero attached hydrogens (tertiary/aromatic N) is 1. The molecule has 72 heavy (non-hydrogen) atoms. The van der Waals surface area contributed by atoms with Gasteiger partial charge in [-0.15, -0.1) is 11.3 Å². The van der Waals surface area contributed by atoms with Gasteiger partial charge in [0.1, 0.15) is 0 Å². The van der Waals surface area contributed by atoms with Gasteiger partial charge < -0.3 is 4.90 Å². The third-order valence-electron chi connectivity index (χ3n) is 15.8. The fourth-order valence-electron chi connectivity index (χ4n) is 12.5. The van der Waals surface area contributed by atoms with Crippen LogP contribution in [0.15, 0.2) is 254 Å². The normalized spacial score (nSPS) is 14.9. The molecule has 0 saturated heterocycles. The minimum atomic E-state index is -0.547. The van der Waals surface area contributed by atoms with E-state index in [1.165, 1.54) is 119 Å². The van der Waals surface area contributed by atoms with Crippen LogP contribution in [-0.4, -0.2) is 0 Å². The van der Waals surface area contributed by atoms with Crippen LogP contribution < -0.4 is 4.90 Å². The van der Waals surface area contributed by atoms with Crippen molar-refractivity contribution in [3.8, 4) is 33.4 Å². The Hall–Kier alpha value is -8.04. The van der Waals surface area contributed by atoms with E-state index in [1.807, 2.05) is 0 Å². The van der Waals surface area contributed by atoms with E-state index in [0.29, 0.717) is 0 Å². The summed E-state index contributed by atoms with van der Waals surface area (Å²) in [6, 6.07) is 94.2. The Morgan fingerprint density at radius 3 is 1.38 bits per heavy atom. The number of fused-ring (bicyclic) bond motifs is 7. The highest BCUT2D eigenvalue weighted by molar-refractivity contribution is 7.17. The van der Waals surface area contributed by atoms with E-state index in [9.17, 15) is 0 Å². The van der Waals surface area contributed by atoms with Crippen LogP contribution in [0.3, 0.4) is 0 Å². The third-order valence-corrected chi connectivity index (χ3v) is 16.7. The number of benzene rings is 10. The molecule has 10 aromatic carbocycles. The third kappa shape index (κ3) is 7.03. The Bertz CT molecular complexity index is 3680. The topological polar surface area (TPSA) is 3.24 Å². The van der Waals surface area contributed by atoms with E-state index < -0.39 is 10.8 Å². The number of unbranched alkanes of at least 4 members (excludes halogenated alkanes) is 3. The smallest absolute Gasteiger partial charge is 0.0714 e. The average molecular weight is 942 g/mol. The van der Waals surface area contributed by atoms with Gasteiger partial charge in [-0.05, 0) is 162 Å². The Labute approximate surface area is 428 Å². The lowest BCUT2D eigenvalue weighted by molar-refractivity contribution is 0.666. The van der Waals surface area contributed by atoms with Gasteiger partial charge in [0.15, 0.2) is 0 Å². The van der Waals surface area contributed by atoms with Crippen molar-refractivity contribution in [1.82, 2.24) is 0 Å². The number of hydrogen-bond acceptors (Lipinski definition) is 2. The van der Waals surface area contributed by atoms with Crippen LogP contribution in [0.4, 0.5) is 17.1 Å². The summed E-state index contributed by atoms with van der Waals surface area (Å²) >= 11 is 1.79. The maximum atomic E-state index is 2.52. The summed E-state index contributed by atoms with van der Waals surface area (Å²) in [6.45, 7) is 2.29. The molecule has 1 heterocycles. The van der Waals surface area contributed by atoms with Gasteiger partial charge >= 0.3 is 0 Å². The maximum Gasteiger partial charge on any atom is 0.0714 e. The predicted octanol–water partition coefficient (Wildman–Crippen LogP) is 18.9. The second kappa shape index (κ2) is 18.3. The summed E-state index contributed by atoms with van der Waals surface area (Å²) in [6.07, 6.45) is 6.14. The molecule has 1 aromatic heterocycles. The molecule has 346 valence electrons. The van der Waals surface area contributed by atoms with Crippen LogP contribution in [-0.2, 0) is 17.3 Å². The molecule has 1 nitrogen and oxygen atoms in total. The van der Waals surface area contributed by atoms with Gasteiger partial charge in [-0.25, -0.2) is 0 Å². The minimum Gasteiger partial charge on any atom is -0.310 e. The number of thiophene rings is 1. The van der Waals surface area contributed by atoms with E-state index in [4.69, 9.17) is 0 Å². The van der Waals surface area contributed by atoms with Gasteiger partial charge in [-0.2, -0.15) is 0 Å². The highest BCUT2D eigenvalue weighted by atomic mass is 32.1. The second-order valence-corrected chi connectivity index (χ2v) is 20.7. The van der Waals surface area contributed by atoms with Crippen molar-refractivity contribution in [2.75, 3.05) is 4.90 Å². The van der Waals surface area contributed by atoms with Gasteiger partial charge in [-0.3, -0.25) is 0 Å². The summed E-state index contributed by atoms with van der Waals surface area (Å²) in [7, 11) is 0. The molecule has 1 unspecified atom stereocenters. The highest BCUT2D eigenvalue weighted by Gasteiger charge is 2.48. The van der Waals surface area contributed by atoms with Crippen LogP contribution in [0.2, 0.25) is 0 Å². The molecule has 0 spiro atoms. The van der Waals surface area contributed by atoms with Gasteiger partial charge in [-0.1, -0.05) is 220 Å². The zero-order chi connectivity index (χ0) is 48.1. The fourth-order valence-corrected chi connectivity index (χ4v) is 13.3. The zero-order valence-corrected chi connectivity index (χ0v) is 41.5. The van der Waals surface area contributed by atoms with E-state index in [-0.39, 0.29) is 0 Å². The lowest BCUT2D eigenvalue weighted by Gasteiger charge is -2.36. The summed E-state index contributed by atoms with van der Waals surface area (Å²) < 4.78 is 1.31. The monoisotopic (exact) mass is 941 g/mol. The number of anilines is 3. The Kier molecular flexibility index (Phi) is 11.2. The van der Waals surface area contributed by atoms with Crippen molar-refractivity contribution < 1.29 is 0 Å².